The first-order valence-electron chi connectivity index (χ1n) is 6.04. The maximum absolute atomic E-state index is 13.1. The maximum Gasteiger partial charge on any atom is 0.336 e. The fourth-order valence-corrected chi connectivity index (χ4v) is 2.28. The molecule has 0 aliphatic rings. The van der Waals surface area contributed by atoms with Crippen molar-refractivity contribution >= 4 is 21.9 Å². The zero-order valence-electron chi connectivity index (χ0n) is 10.6. The molecule has 20 heavy (non-hydrogen) atoms. The van der Waals surface area contributed by atoms with Crippen LogP contribution in [0.2, 0.25) is 0 Å². The second kappa shape index (κ2) is 6.63. The van der Waals surface area contributed by atoms with Crippen LogP contribution in [-0.4, -0.2) is 11.1 Å². The number of hydrogen-bond donors (Lipinski definition) is 2. The smallest absolute Gasteiger partial charge is 0.336 e. The first-order valence-corrected chi connectivity index (χ1v) is 6.83. The van der Waals surface area contributed by atoms with Gasteiger partial charge in [0.25, 0.3) is 0 Å². The summed E-state index contributed by atoms with van der Waals surface area (Å²) in [6, 6.07) is 11.3. The van der Waals surface area contributed by atoms with Gasteiger partial charge in [0.2, 0.25) is 0 Å². The number of halogens is 2. The molecule has 2 N–H and O–H groups in total. The van der Waals surface area contributed by atoms with E-state index in [0.717, 1.165) is 10.0 Å². The number of benzene rings is 2. The third-order valence-corrected chi connectivity index (χ3v) is 3.66. The minimum atomic E-state index is -0.950. The topological polar surface area (TPSA) is 49.3 Å². The third-order valence-electron chi connectivity index (χ3n) is 2.89. The van der Waals surface area contributed by atoms with Crippen LogP contribution < -0.4 is 5.32 Å². The molecular formula is C15H13BrFNO2. The molecule has 0 saturated carbocycles. The maximum atomic E-state index is 13.1. The lowest BCUT2D eigenvalue weighted by Crippen LogP contribution is -2.15. The van der Waals surface area contributed by atoms with E-state index >= 15 is 0 Å². The van der Waals surface area contributed by atoms with Gasteiger partial charge in [0.1, 0.15) is 5.82 Å². The minimum Gasteiger partial charge on any atom is -0.478 e. The van der Waals surface area contributed by atoms with E-state index in [9.17, 15) is 9.18 Å². The molecule has 0 atom stereocenters. The Morgan fingerprint density at radius 1 is 1.15 bits per heavy atom. The number of rotatable bonds is 5. The van der Waals surface area contributed by atoms with Crippen LogP contribution in [0.25, 0.3) is 0 Å². The predicted molar refractivity (Wildman–Crippen MR) is 78.0 cm³/mol. The van der Waals surface area contributed by atoms with Crippen LogP contribution in [0.3, 0.4) is 0 Å². The van der Waals surface area contributed by atoms with Crippen molar-refractivity contribution < 1.29 is 14.3 Å². The first kappa shape index (κ1) is 14.7. The largest absolute Gasteiger partial charge is 0.478 e. The van der Waals surface area contributed by atoms with Crippen molar-refractivity contribution in [3.63, 3.8) is 0 Å². The van der Waals surface area contributed by atoms with E-state index in [2.05, 4.69) is 21.2 Å². The van der Waals surface area contributed by atoms with Crippen LogP contribution >= 0.6 is 15.9 Å². The average Bonchev–Trinajstić information content (AvgIpc) is 2.43. The highest BCUT2D eigenvalue weighted by Gasteiger charge is 2.08. The van der Waals surface area contributed by atoms with E-state index in [1.54, 1.807) is 30.3 Å². The Morgan fingerprint density at radius 2 is 1.85 bits per heavy atom. The lowest BCUT2D eigenvalue weighted by atomic mass is 10.1. The number of hydrogen-bond acceptors (Lipinski definition) is 2. The summed E-state index contributed by atoms with van der Waals surface area (Å²) >= 11 is 3.35. The van der Waals surface area contributed by atoms with Crippen molar-refractivity contribution in [2.75, 3.05) is 0 Å². The van der Waals surface area contributed by atoms with Gasteiger partial charge in [0.15, 0.2) is 0 Å². The number of carboxylic acids is 1. The summed E-state index contributed by atoms with van der Waals surface area (Å²) in [7, 11) is 0. The molecule has 0 amide bonds. The van der Waals surface area contributed by atoms with Gasteiger partial charge in [-0.15, -0.1) is 0 Å². The van der Waals surface area contributed by atoms with Gasteiger partial charge in [-0.2, -0.15) is 0 Å². The molecule has 0 fully saturated rings. The summed E-state index contributed by atoms with van der Waals surface area (Å²) in [5.41, 5.74) is 1.77. The molecule has 0 heterocycles. The van der Waals surface area contributed by atoms with E-state index in [1.807, 2.05) is 0 Å². The van der Waals surface area contributed by atoms with Gasteiger partial charge in [-0.3, -0.25) is 0 Å². The molecule has 2 rings (SSSR count). The van der Waals surface area contributed by atoms with Crippen LogP contribution in [-0.2, 0) is 13.1 Å². The second-order valence-electron chi connectivity index (χ2n) is 4.30. The average molecular weight is 338 g/mol. The molecule has 2 aromatic carbocycles. The van der Waals surface area contributed by atoms with E-state index in [1.165, 1.54) is 12.1 Å². The Balaban J connectivity index is 2.03. The van der Waals surface area contributed by atoms with Gasteiger partial charge < -0.3 is 10.4 Å². The summed E-state index contributed by atoms with van der Waals surface area (Å²) in [5.74, 6) is -1.25. The van der Waals surface area contributed by atoms with Crippen LogP contribution in [0, 0.1) is 5.82 Å². The van der Waals surface area contributed by atoms with Gasteiger partial charge >= 0.3 is 5.97 Å². The quantitative estimate of drug-likeness (QED) is 0.876. The molecule has 0 aliphatic carbocycles. The fourth-order valence-electron chi connectivity index (χ4n) is 1.89. The zero-order chi connectivity index (χ0) is 14.5. The third kappa shape index (κ3) is 3.65. The van der Waals surface area contributed by atoms with E-state index < -0.39 is 5.97 Å². The van der Waals surface area contributed by atoms with Crippen molar-refractivity contribution in [3.8, 4) is 0 Å². The number of carbonyl (C=O) groups is 1. The van der Waals surface area contributed by atoms with Crippen molar-refractivity contribution in [2.24, 2.45) is 0 Å². The highest BCUT2D eigenvalue weighted by Crippen LogP contribution is 2.18. The molecule has 0 saturated heterocycles. The normalized spacial score (nSPS) is 10.5. The van der Waals surface area contributed by atoms with Crippen molar-refractivity contribution in [2.45, 2.75) is 13.1 Å². The van der Waals surface area contributed by atoms with E-state index in [0.29, 0.717) is 18.7 Å². The van der Waals surface area contributed by atoms with Crippen LogP contribution in [0.4, 0.5) is 4.39 Å². The molecule has 0 aliphatic heterocycles. The summed E-state index contributed by atoms with van der Waals surface area (Å²) in [6.07, 6.45) is 0. The van der Waals surface area contributed by atoms with E-state index in [-0.39, 0.29) is 11.4 Å². The molecule has 0 unspecified atom stereocenters. The lowest BCUT2D eigenvalue weighted by Gasteiger charge is -2.09. The first-order chi connectivity index (χ1) is 9.58. The highest BCUT2D eigenvalue weighted by atomic mass is 79.9. The highest BCUT2D eigenvalue weighted by molar-refractivity contribution is 9.10. The molecule has 3 nitrogen and oxygen atoms in total. The number of aromatic carboxylic acids is 1. The molecular weight excluding hydrogens is 325 g/mol. The van der Waals surface area contributed by atoms with Gasteiger partial charge in [-0.1, -0.05) is 34.1 Å². The second-order valence-corrected chi connectivity index (χ2v) is 5.16. The Kier molecular flexibility index (Phi) is 4.87. The lowest BCUT2D eigenvalue weighted by molar-refractivity contribution is 0.0695. The van der Waals surface area contributed by atoms with Crippen LogP contribution in [0.1, 0.15) is 21.5 Å². The van der Waals surface area contributed by atoms with E-state index in [4.69, 9.17) is 5.11 Å². The fraction of sp³-hybridized carbons (Fsp3) is 0.133. The number of nitrogens with one attached hydrogen (secondary N) is 1. The van der Waals surface area contributed by atoms with Crippen molar-refractivity contribution in [1.29, 1.82) is 0 Å². The molecule has 0 aromatic heterocycles. The molecule has 0 spiro atoms. The summed E-state index contributed by atoms with van der Waals surface area (Å²) in [4.78, 5) is 11.1. The van der Waals surface area contributed by atoms with Gasteiger partial charge in [0, 0.05) is 17.6 Å². The SMILES string of the molecule is O=C(O)c1ccccc1CNCc1cc(F)ccc1Br. The summed E-state index contributed by atoms with van der Waals surface area (Å²) in [5, 5.41) is 12.2. The van der Waals surface area contributed by atoms with Gasteiger partial charge in [0.05, 0.1) is 5.56 Å². The Bertz CT molecular complexity index is 631. The minimum absolute atomic E-state index is 0.276. The van der Waals surface area contributed by atoms with Crippen molar-refractivity contribution in [1.82, 2.24) is 5.32 Å². The summed E-state index contributed by atoms with van der Waals surface area (Å²) in [6.45, 7) is 0.859. The van der Waals surface area contributed by atoms with Crippen LogP contribution in [0.5, 0.6) is 0 Å². The Morgan fingerprint density at radius 3 is 2.60 bits per heavy atom. The van der Waals surface area contributed by atoms with Crippen LogP contribution in [0.15, 0.2) is 46.9 Å². The number of carboxylic acid groups (broad SMARTS) is 1. The Labute approximate surface area is 124 Å². The molecule has 0 bridgehead atoms. The van der Waals surface area contributed by atoms with Gasteiger partial charge in [-0.05, 0) is 35.4 Å². The zero-order valence-corrected chi connectivity index (χ0v) is 12.2. The predicted octanol–water partition coefficient (Wildman–Crippen LogP) is 3.58. The standard InChI is InChI=1S/C15H13BrFNO2/c16-14-6-5-12(17)7-11(14)9-18-8-10-3-1-2-4-13(10)15(19)20/h1-7,18H,8-9H2,(H,19,20). The Hall–Kier alpha value is -1.72. The monoisotopic (exact) mass is 337 g/mol. The summed E-state index contributed by atoms with van der Waals surface area (Å²) < 4.78 is 14.0. The molecule has 0 radical (unpaired) electrons. The molecule has 2 aromatic rings. The molecule has 104 valence electrons. The molecule has 5 heteroatoms. The van der Waals surface area contributed by atoms with Crippen molar-refractivity contribution in [3.05, 3.63) is 69.4 Å². The van der Waals surface area contributed by atoms with Gasteiger partial charge in [-0.25, -0.2) is 9.18 Å².